The fourth-order valence-electron chi connectivity index (χ4n) is 2.47. The van der Waals surface area contributed by atoms with Crippen molar-refractivity contribution in [2.45, 2.75) is 77.1 Å². The highest BCUT2D eigenvalue weighted by Gasteiger charge is 2.45. The number of aliphatic hydroxyl groups excluding tert-OH is 2. The van der Waals surface area contributed by atoms with Crippen LogP contribution in [0.2, 0.25) is 0 Å². The zero-order valence-corrected chi connectivity index (χ0v) is 14.4. The first-order chi connectivity index (χ1) is 11.0. The number of hydrogen-bond donors (Lipinski definition) is 3. The summed E-state index contributed by atoms with van der Waals surface area (Å²) in [6, 6.07) is -0.800. The fraction of sp³-hybridized carbons (Fsp3) is 0.938. The van der Waals surface area contributed by atoms with E-state index in [1.807, 2.05) is 6.92 Å². The maximum atomic E-state index is 11.3. The van der Waals surface area contributed by atoms with Gasteiger partial charge in [0, 0.05) is 20.1 Å². The number of ether oxygens (including phenoxy) is 3. The summed E-state index contributed by atoms with van der Waals surface area (Å²) in [5.41, 5.74) is 0. The monoisotopic (exact) mass is 333 g/mol. The number of nitrogens with one attached hydrogen (secondary N) is 1. The molecule has 5 atom stereocenters. The lowest BCUT2D eigenvalue weighted by molar-refractivity contribution is -0.264. The molecule has 3 N–H and O–H groups in total. The summed E-state index contributed by atoms with van der Waals surface area (Å²) in [4.78, 5) is 11.3. The Morgan fingerprint density at radius 3 is 2.43 bits per heavy atom. The van der Waals surface area contributed by atoms with E-state index >= 15 is 0 Å². The minimum atomic E-state index is -1.24. The van der Waals surface area contributed by atoms with E-state index in [1.54, 1.807) is 0 Å². The van der Waals surface area contributed by atoms with Crippen LogP contribution in [0.25, 0.3) is 0 Å². The Labute approximate surface area is 138 Å². The third-order valence-corrected chi connectivity index (χ3v) is 3.80. The van der Waals surface area contributed by atoms with Gasteiger partial charge in [0.25, 0.3) is 0 Å². The van der Waals surface area contributed by atoms with Gasteiger partial charge in [0.15, 0.2) is 6.29 Å². The lowest BCUT2D eigenvalue weighted by Gasteiger charge is -2.42. The van der Waals surface area contributed by atoms with E-state index in [9.17, 15) is 15.0 Å². The molecule has 1 amide bonds. The van der Waals surface area contributed by atoms with E-state index in [0.29, 0.717) is 13.2 Å². The number of unbranched alkanes of at least 4 members (excludes halogenated alkanes) is 2. The molecule has 2 unspecified atom stereocenters. The van der Waals surface area contributed by atoms with Crippen molar-refractivity contribution in [2.24, 2.45) is 0 Å². The number of hydrogen-bond acceptors (Lipinski definition) is 6. The van der Waals surface area contributed by atoms with E-state index in [2.05, 4.69) is 12.2 Å². The predicted octanol–water partition coefficient (Wildman–Crippen LogP) is 0.571. The van der Waals surface area contributed by atoms with E-state index in [-0.39, 0.29) is 12.5 Å². The van der Waals surface area contributed by atoms with Gasteiger partial charge in [-0.25, -0.2) is 0 Å². The molecule has 0 aliphatic carbocycles. The van der Waals surface area contributed by atoms with Gasteiger partial charge >= 0.3 is 0 Å². The van der Waals surface area contributed by atoms with Crippen molar-refractivity contribution in [2.75, 3.05) is 19.8 Å². The molecule has 1 aliphatic rings. The van der Waals surface area contributed by atoms with Crippen molar-refractivity contribution in [3.05, 3.63) is 0 Å². The predicted molar refractivity (Wildman–Crippen MR) is 84.9 cm³/mol. The number of rotatable bonds is 10. The lowest BCUT2D eigenvalue weighted by atomic mass is 9.96. The second-order valence-corrected chi connectivity index (χ2v) is 5.90. The van der Waals surface area contributed by atoms with Crippen molar-refractivity contribution in [1.82, 2.24) is 5.32 Å². The van der Waals surface area contributed by atoms with Crippen LogP contribution >= 0.6 is 0 Å². The standard InChI is InChI=1S/C16H31NO6/c1-4-6-8-21-10-12-14(19)15(22-9-7-5-2)13(16(20)23-12)17-11(3)18/h12-16,19-20H,4-10H2,1-3H3,(H,17,18)/t12?,13-,14+,15?,16+/m0/s1. The largest absolute Gasteiger partial charge is 0.388 e. The van der Waals surface area contributed by atoms with E-state index < -0.39 is 30.6 Å². The van der Waals surface area contributed by atoms with Gasteiger partial charge in [-0.1, -0.05) is 26.7 Å². The normalized spacial score (nSPS) is 31.1. The SMILES string of the molecule is CCCCOCC1O[C@@H](O)[C@@H](NC(C)=O)C(OCCCC)[C@@H]1O. The van der Waals surface area contributed by atoms with E-state index in [0.717, 1.165) is 25.7 Å². The third kappa shape index (κ3) is 6.73. The first kappa shape index (κ1) is 20.3. The highest BCUT2D eigenvalue weighted by molar-refractivity contribution is 5.73. The van der Waals surface area contributed by atoms with Crippen LogP contribution in [0.5, 0.6) is 0 Å². The Hall–Kier alpha value is -0.730. The van der Waals surface area contributed by atoms with Crippen LogP contribution in [-0.4, -0.2) is 66.6 Å². The second-order valence-electron chi connectivity index (χ2n) is 5.90. The molecule has 0 bridgehead atoms. The van der Waals surface area contributed by atoms with E-state index in [1.165, 1.54) is 6.92 Å². The van der Waals surface area contributed by atoms with Crippen molar-refractivity contribution < 1.29 is 29.2 Å². The molecule has 23 heavy (non-hydrogen) atoms. The molecule has 1 heterocycles. The summed E-state index contributed by atoms with van der Waals surface area (Å²) in [5, 5.41) is 23.2. The summed E-state index contributed by atoms with van der Waals surface area (Å²) in [6.07, 6.45) is 0.108. The van der Waals surface area contributed by atoms with Gasteiger partial charge in [0.1, 0.15) is 24.4 Å². The molecule has 1 aliphatic heterocycles. The summed E-state index contributed by atoms with van der Waals surface area (Å²) in [5.74, 6) is -0.313. The van der Waals surface area contributed by atoms with Gasteiger partial charge in [-0.2, -0.15) is 0 Å². The van der Waals surface area contributed by atoms with Crippen LogP contribution in [-0.2, 0) is 19.0 Å². The summed E-state index contributed by atoms with van der Waals surface area (Å²) in [7, 11) is 0. The molecule has 1 fully saturated rings. The van der Waals surface area contributed by atoms with Gasteiger partial charge in [0.05, 0.1) is 6.61 Å². The fourth-order valence-corrected chi connectivity index (χ4v) is 2.47. The van der Waals surface area contributed by atoms with Gasteiger partial charge in [-0.05, 0) is 12.8 Å². The van der Waals surface area contributed by atoms with Crippen molar-refractivity contribution >= 4 is 5.91 Å². The van der Waals surface area contributed by atoms with Crippen molar-refractivity contribution in [1.29, 1.82) is 0 Å². The van der Waals surface area contributed by atoms with Crippen molar-refractivity contribution in [3.63, 3.8) is 0 Å². The smallest absolute Gasteiger partial charge is 0.217 e. The minimum absolute atomic E-state index is 0.179. The minimum Gasteiger partial charge on any atom is -0.388 e. The number of carbonyl (C=O) groups is 1. The molecule has 7 nitrogen and oxygen atoms in total. The molecule has 0 aromatic heterocycles. The zero-order chi connectivity index (χ0) is 17.2. The summed E-state index contributed by atoms with van der Waals surface area (Å²) >= 11 is 0. The molecular weight excluding hydrogens is 302 g/mol. The van der Waals surface area contributed by atoms with Crippen LogP contribution in [0.3, 0.4) is 0 Å². The molecule has 0 spiro atoms. The zero-order valence-electron chi connectivity index (χ0n) is 14.4. The molecule has 0 aromatic rings. The quantitative estimate of drug-likeness (QED) is 0.506. The Balaban J connectivity index is 2.66. The van der Waals surface area contributed by atoms with Gasteiger partial charge < -0.3 is 29.7 Å². The van der Waals surface area contributed by atoms with Crippen LogP contribution < -0.4 is 5.32 Å². The number of amides is 1. The Bertz CT molecular complexity index is 341. The van der Waals surface area contributed by atoms with Crippen LogP contribution in [0.1, 0.15) is 46.5 Å². The lowest BCUT2D eigenvalue weighted by Crippen LogP contribution is -2.64. The Morgan fingerprint density at radius 1 is 1.17 bits per heavy atom. The van der Waals surface area contributed by atoms with E-state index in [4.69, 9.17) is 14.2 Å². The molecule has 0 radical (unpaired) electrons. The van der Waals surface area contributed by atoms with Crippen LogP contribution in [0, 0.1) is 0 Å². The number of carbonyl (C=O) groups excluding carboxylic acids is 1. The molecule has 7 heteroatoms. The van der Waals surface area contributed by atoms with Gasteiger partial charge in [-0.15, -0.1) is 0 Å². The number of aliphatic hydroxyl groups is 2. The summed E-state index contributed by atoms with van der Waals surface area (Å²) in [6.45, 7) is 6.66. The average Bonchev–Trinajstić information content (AvgIpc) is 2.50. The topological polar surface area (TPSA) is 97.2 Å². The molecule has 1 saturated heterocycles. The Morgan fingerprint density at radius 2 is 1.83 bits per heavy atom. The highest BCUT2D eigenvalue weighted by Crippen LogP contribution is 2.23. The molecule has 0 aromatic carbocycles. The first-order valence-electron chi connectivity index (χ1n) is 8.49. The van der Waals surface area contributed by atoms with Gasteiger partial charge in [-0.3, -0.25) is 4.79 Å². The highest BCUT2D eigenvalue weighted by atomic mass is 16.6. The van der Waals surface area contributed by atoms with Crippen LogP contribution in [0.15, 0.2) is 0 Å². The maximum Gasteiger partial charge on any atom is 0.217 e. The van der Waals surface area contributed by atoms with Gasteiger partial charge in [0.2, 0.25) is 5.91 Å². The summed E-state index contributed by atoms with van der Waals surface area (Å²) < 4.78 is 16.6. The molecule has 136 valence electrons. The van der Waals surface area contributed by atoms with Crippen molar-refractivity contribution in [3.8, 4) is 0 Å². The average molecular weight is 333 g/mol. The third-order valence-electron chi connectivity index (χ3n) is 3.80. The molecule has 0 saturated carbocycles. The van der Waals surface area contributed by atoms with Crippen LogP contribution in [0.4, 0.5) is 0 Å². The first-order valence-corrected chi connectivity index (χ1v) is 8.49. The maximum absolute atomic E-state index is 11.3. The molecule has 1 rings (SSSR count). The second kappa shape index (κ2) is 10.9. The Kier molecular flexibility index (Phi) is 9.66. The molecular formula is C16H31NO6.